The van der Waals surface area contributed by atoms with E-state index in [4.69, 9.17) is 5.73 Å². The van der Waals surface area contributed by atoms with Gasteiger partial charge in [0.25, 0.3) is 0 Å². The van der Waals surface area contributed by atoms with E-state index in [2.05, 4.69) is 17.5 Å². The molecule has 1 saturated carbocycles. The summed E-state index contributed by atoms with van der Waals surface area (Å²) in [4.78, 5) is 15.6. The smallest absolute Gasteiger partial charge is 0.225 e. The highest BCUT2D eigenvalue weighted by Crippen LogP contribution is 2.32. The van der Waals surface area contributed by atoms with Crippen molar-refractivity contribution in [2.75, 3.05) is 20.1 Å². The van der Waals surface area contributed by atoms with Crippen molar-refractivity contribution in [3.8, 4) is 0 Å². The number of thiophene rings is 1. The number of nitrogens with zero attached hydrogens (tertiary/aromatic N) is 1. The van der Waals surface area contributed by atoms with Gasteiger partial charge in [-0.05, 0) is 43.2 Å². The quantitative estimate of drug-likeness (QED) is 0.887. The zero-order chi connectivity index (χ0) is 13.0. The first-order valence-corrected chi connectivity index (χ1v) is 7.57. The van der Waals surface area contributed by atoms with Crippen LogP contribution in [0.5, 0.6) is 0 Å². The van der Waals surface area contributed by atoms with Gasteiger partial charge in [-0.2, -0.15) is 0 Å². The summed E-state index contributed by atoms with van der Waals surface area (Å²) >= 11 is 1.76. The fourth-order valence-electron chi connectivity index (χ4n) is 2.77. The van der Waals surface area contributed by atoms with Crippen molar-refractivity contribution in [3.63, 3.8) is 0 Å². The summed E-state index contributed by atoms with van der Waals surface area (Å²) in [5.74, 6) is 0.865. The Morgan fingerprint density at radius 3 is 3.06 bits per heavy atom. The van der Waals surface area contributed by atoms with E-state index in [1.807, 2.05) is 11.9 Å². The lowest BCUT2D eigenvalue weighted by Gasteiger charge is -2.24. The third-order valence-electron chi connectivity index (χ3n) is 3.93. The van der Waals surface area contributed by atoms with Gasteiger partial charge >= 0.3 is 0 Å². The van der Waals surface area contributed by atoms with E-state index in [-0.39, 0.29) is 5.92 Å². The number of carbonyl (C=O) groups is 1. The van der Waals surface area contributed by atoms with Gasteiger partial charge in [-0.25, -0.2) is 0 Å². The van der Waals surface area contributed by atoms with Crippen LogP contribution in [0.3, 0.4) is 0 Å². The molecule has 1 heterocycles. The second-order valence-electron chi connectivity index (χ2n) is 5.12. The summed E-state index contributed by atoms with van der Waals surface area (Å²) in [5.41, 5.74) is 5.74. The van der Waals surface area contributed by atoms with Crippen molar-refractivity contribution in [3.05, 3.63) is 22.4 Å². The molecule has 0 bridgehead atoms. The molecule has 2 rings (SSSR count). The Bertz CT molecular complexity index is 377. The highest BCUT2D eigenvalue weighted by Gasteiger charge is 2.33. The fraction of sp³-hybridized carbons (Fsp3) is 0.643. The van der Waals surface area contributed by atoms with Crippen LogP contribution in [0, 0.1) is 11.8 Å². The van der Waals surface area contributed by atoms with Crippen molar-refractivity contribution in [2.45, 2.75) is 25.7 Å². The average molecular weight is 266 g/mol. The van der Waals surface area contributed by atoms with Crippen molar-refractivity contribution < 1.29 is 4.79 Å². The Kier molecular flexibility index (Phi) is 4.78. The summed E-state index contributed by atoms with van der Waals surface area (Å²) in [6.07, 6.45) is 4.24. The van der Waals surface area contributed by atoms with Crippen molar-refractivity contribution >= 4 is 17.2 Å². The minimum absolute atomic E-state index is 0.170. The minimum Gasteiger partial charge on any atom is -0.345 e. The van der Waals surface area contributed by atoms with Crippen LogP contribution in [0.2, 0.25) is 0 Å². The Morgan fingerprint density at radius 1 is 1.56 bits per heavy atom. The lowest BCUT2D eigenvalue weighted by Crippen LogP contribution is -2.37. The van der Waals surface area contributed by atoms with E-state index in [0.29, 0.717) is 18.4 Å². The predicted octanol–water partition coefficient (Wildman–Crippen LogP) is 2.12. The summed E-state index contributed by atoms with van der Waals surface area (Å²) in [7, 11) is 1.92. The van der Waals surface area contributed by atoms with E-state index in [0.717, 1.165) is 32.2 Å². The van der Waals surface area contributed by atoms with Crippen LogP contribution < -0.4 is 5.73 Å². The molecule has 1 aromatic heterocycles. The van der Waals surface area contributed by atoms with Crippen LogP contribution in [-0.2, 0) is 11.2 Å². The monoisotopic (exact) mass is 266 g/mol. The lowest BCUT2D eigenvalue weighted by molar-refractivity contribution is -0.135. The molecule has 1 aliphatic carbocycles. The number of rotatable bonds is 5. The van der Waals surface area contributed by atoms with Gasteiger partial charge in [-0.15, -0.1) is 11.3 Å². The van der Waals surface area contributed by atoms with E-state index in [1.165, 1.54) is 4.88 Å². The molecule has 0 saturated heterocycles. The number of nitrogens with two attached hydrogens (primary N) is 1. The second-order valence-corrected chi connectivity index (χ2v) is 6.15. The zero-order valence-electron chi connectivity index (χ0n) is 11.0. The van der Waals surface area contributed by atoms with Crippen molar-refractivity contribution in [2.24, 2.45) is 17.6 Å². The number of likely N-dealkylation sites (N-methyl/N-ethyl adjacent to an activating group) is 1. The van der Waals surface area contributed by atoms with Crippen LogP contribution in [0.4, 0.5) is 0 Å². The van der Waals surface area contributed by atoms with Crippen LogP contribution in [0.15, 0.2) is 17.5 Å². The highest BCUT2D eigenvalue weighted by molar-refractivity contribution is 7.09. The molecule has 1 fully saturated rings. The molecule has 3 nitrogen and oxygen atoms in total. The van der Waals surface area contributed by atoms with Crippen LogP contribution in [-0.4, -0.2) is 30.9 Å². The van der Waals surface area contributed by atoms with Crippen molar-refractivity contribution in [1.82, 2.24) is 4.90 Å². The first-order valence-electron chi connectivity index (χ1n) is 6.69. The number of amides is 1. The van der Waals surface area contributed by atoms with Crippen molar-refractivity contribution in [1.29, 1.82) is 0 Å². The molecule has 1 aliphatic rings. The van der Waals surface area contributed by atoms with E-state index in [1.54, 1.807) is 11.3 Å². The summed E-state index contributed by atoms with van der Waals surface area (Å²) in [6, 6.07) is 4.19. The van der Waals surface area contributed by atoms with Gasteiger partial charge < -0.3 is 10.6 Å². The molecule has 100 valence electrons. The van der Waals surface area contributed by atoms with Gasteiger partial charge in [0.05, 0.1) is 0 Å². The summed E-state index contributed by atoms with van der Waals surface area (Å²) in [5, 5.41) is 2.08. The average Bonchev–Trinajstić information content (AvgIpc) is 3.05. The molecular weight excluding hydrogens is 244 g/mol. The topological polar surface area (TPSA) is 46.3 Å². The largest absolute Gasteiger partial charge is 0.345 e. The molecule has 0 aliphatic heterocycles. The number of carbonyl (C=O) groups excluding carboxylic acids is 1. The summed E-state index contributed by atoms with van der Waals surface area (Å²) < 4.78 is 0. The molecule has 0 spiro atoms. The Hall–Kier alpha value is -0.870. The van der Waals surface area contributed by atoms with Crippen LogP contribution in [0.25, 0.3) is 0 Å². The molecule has 1 aromatic rings. The Labute approximate surface area is 113 Å². The standard InChI is InChI=1S/C14H22N2OS/c1-16(8-7-12-5-3-9-18-12)14(17)13-6-2-4-11(13)10-15/h3,5,9,11,13H,2,4,6-8,10,15H2,1H3/t11-,13-/m1/s1. The molecule has 1 amide bonds. The van der Waals surface area contributed by atoms with E-state index < -0.39 is 0 Å². The zero-order valence-corrected chi connectivity index (χ0v) is 11.8. The lowest BCUT2D eigenvalue weighted by atomic mass is 9.95. The van der Waals surface area contributed by atoms with Gasteiger partial charge in [0.15, 0.2) is 0 Å². The van der Waals surface area contributed by atoms with E-state index >= 15 is 0 Å². The molecule has 18 heavy (non-hydrogen) atoms. The van der Waals surface area contributed by atoms with Crippen LogP contribution >= 0.6 is 11.3 Å². The highest BCUT2D eigenvalue weighted by atomic mass is 32.1. The SMILES string of the molecule is CN(CCc1cccs1)C(=O)[C@@H]1CCC[C@@H]1CN. The fourth-order valence-corrected chi connectivity index (χ4v) is 3.47. The molecule has 2 N–H and O–H groups in total. The molecule has 2 atom stereocenters. The number of hydrogen-bond acceptors (Lipinski definition) is 3. The molecular formula is C14H22N2OS. The maximum Gasteiger partial charge on any atom is 0.225 e. The summed E-state index contributed by atoms with van der Waals surface area (Å²) in [6.45, 7) is 1.46. The third-order valence-corrected chi connectivity index (χ3v) is 4.87. The van der Waals surface area contributed by atoms with Crippen LogP contribution in [0.1, 0.15) is 24.1 Å². The van der Waals surface area contributed by atoms with Gasteiger partial charge in [-0.3, -0.25) is 4.79 Å². The van der Waals surface area contributed by atoms with Gasteiger partial charge in [0.1, 0.15) is 0 Å². The Balaban J connectivity index is 1.84. The first-order chi connectivity index (χ1) is 8.72. The first kappa shape index (κ1) is 13.6. The second kappa shape index (κ2) is 6.34. The maximum absolute atomic E-state index is 12.3. The normalized spacial score (nSPS) is 23.2. The molecule has 0 unspecified atom stereocenters. The third kappa shape index (κ3) is 3.12. The molecule has 4 heteroatoms. The predicted molar refractivity (Wildman–Crippen MR) is 75.5 cm³/mol. The van der Waals surface area contributed by atoms with Gasteiger partial charge in [0.2, 0.25) is 5.91 Å². The minimum atomic E-state index is 0.170. The van der Waals surface area contributed by atoms with Gasteiger partial charge in [0, 0.05) is 24.4 Å². The Morgan fingerprint density at radius 2 is 2.39 bits per heavy atom. The molecule has 0 radical (unpaired) electrons. The molecule has 0 aromatic carbocycles. The number of hydrogen-bond donors (Lipinski definition) is 1. The van der Waals surface area contributed by atoms with E-state index in [9.17, 15) is 4.79 Å². The van der Waals surface area contributed by atoms with Gasteiger partial charge in [-0.1, -0.05) is 12.5 Å². The maximum atomic E-state index is 12.3.